The average molecular weight is 379 g/mol. The Hall–Kier alpha value is 0. The summed E-state index contributed by atoms with van der Waals surface area (Å²) in [5, 5.41) is 0. The SMILES string of the molecule is [CH2]CCCCCCCCCCCCCCCC(CC)CCCCCCC[CH2]. The summed E-state index contributed by atoms with van der Waals surface area (Å²) in [6, 6.07) is 0. The fourth-order valence-electron chi connectivity index (χ4n) is 4.25. The highest BCUT2D eigenvalue weighted by Crippen LogP contribution is 2.22. The van der Waals surface area contributed by atoms with E-state index in [1.165, 1.54) is 135 Å². The predicted molar refractivity (Wildman–Crippen MR) is 126 cm³/mol. The number of hydrogen-bond acceptors (Lipinski definition) is 0. The molecular formula is C27H54. The molecule has 0 nitrogen and oxygen atoms in total. The average Bonchev–Trinajstić information content (AvgIpc) is 2.69. The number of unbranched alkanes of at least 4 members (excludes halogenated alkanes) is 18. The second kappa shape index (κ2) is 24.0. The predicted octanol–water partition coefficient (Wildman–Crippen LogP) is 10.3. The van der Waals surface area contributed by atoms with Crippen molar-refractivity contribution >= 4 is 0 Å². The van der Waals surface area contributed by atoms with Gasteiger partial charge in [-0.15, -0.1) is 0 Å². The van der Waals surface area contributed by atoms with Gasteiger partial charge in [-0.05, 0) is 5.92 Å². The fraction of sp³-hybridized carbons (Fsp3) is 0.926. The number of rotatable bonds is 23. The third kappa shape index (κ3) is 22.2. The van der Waals surface area contributed by atoms with Crippen molar-refractivity contribution in [2.45, 2.75) is 155 Å². The van der Waals surface area contributed by atoms with E-state index < -0.39 is 0 Å². The molecule has 0 saturated carbocycles. The van der Waals surface area contributed by atoms with Gasteiger partial charge in [0.2, 0.25) is 0 Å². The molecule has 0 spiro atoms. The van der Waals surface area contributed by atoms with E-state index in [0.717, 1.165) is 18.8 Å². The van der Waals surface area contributed by atoms with Gasteiger partial charge >= 0.3 is 0 Å². The Bertz CT molecular complexity index is 244. The molecule has 0 aliphatic carbocycles. The smallest absolute Gasteiger partial charge is 0.0417 e. The van der Waals surface area contributed by atoms with Gasteiger partial charge in [0.15, 0.2) is 0 Å². The van der Waals surface area contributed by atoms with Gasteiger partial charge in [-0.25, -0.2) is 0 Å². The van der Waals surface area contributed by atoms with Crippen LogP contribution in [0.3, 0.4) is 0 Å². The molecule has 0 heterocycles. The van der Waals surface area contributed by atoms with E-state index in [4.69, 9.17) is 0 Å². The topological polar surface area (TPSA) is 0 Å². The zero-order valence-corrected chi connectivity index (χ0v) is 19.3. The van der Waals surface area contributed by atoms with Crippen LogP contribution in [0.1, 0.15) is 155 Å². The summed E-state index contributed by atoms with van der Waals surface area (Å²) in [5.74, 6) is 1.01. The van der Waals surface area contributed by atoms with E-state index in [-0.39, 0.29) is 0 Å². The van der Waals surface area contributed by atoms with Crippen molar-refractivity contribution in [3.8, 4) is 0 Å². The summed E-state index contributed by atoms with van der Waals surface area (Å²) in [6.45, 7) is 10.2. The van der Waals surface area contributed by atoms with E-state index >= 15 is 0 Å². The van der Waals surface area contributed by atoms with Crippen LogP contribution in [-0.2, 0) is 0 Å². The minimum Gasteiger partial charge on any atom is -0.0651 e. The first kappa shape index (κ1) is 27.0. The van der Waals surface area contributed by atoms with Crippen LogP contribution in [0.2, 0.25) is 0 Å². The van der Waals surface area contributed by atoms with Crippen LogP contribution in [0, 0.1) is 19.8 Å². The van der Waals surface area contributed by atoms with Gasteiger partial charge in [0.05, 0.1) is 0 Å². The zero-order chi connectivity index (χ0) is 19.8. The third-order valence-corrected chi connectivity index (χ3v) is 6.30. The summed E-state index contributed by atoms with van der Waals surface area (Å²) in [6.07, 6.45) is 32.6. The second-order valence-electron chi connectivity index (χ2n) is 8.92. The Morgan fingerprint density at radius 2 is 0.667 bits per heavy atom. The van der Waals surface area contributed by atoms with E-state index in [9.17, 15) is 0 Å². The molecule has 1 unspecified atom stereocenters. The lowest BCUT2D eigenvalue weighted by atomic mass is 9.92. The van der Waals surface area contributed by atoms with Crippen molar-refractivity contribution in [2.75, 3.05) is 0 Å². The van der Waals surface area contributed by atoms with Crippen LogP contribution in [0.15, 0.2) is 0 Å². The molecule has 0 saturated heterocycles. The Kier molecular flexibility index (Phi) is 24.0. The first-order valence-electron chi connectivity index (χ1n) is 12.9. The first-order chi connectivity index (χ1) is 13.3. The molecule has 2 radical (unpaired) electrons. The minimum absolute atomic E-state index is 1.01. The van der Waals surface area contributed by atoms with Crippen molar-refractivity contribution in [3.63, 3.8) is 0 Å². The van der Waals surface area contributed by atoms with Crippen LogP contribution in [0.5, 0.6) is 0 Å². The quantitative estimate of drug-likeness (QED) is 0.155. The molecule has 162 valence electrons. The van der Waals surface area contributed by atoms with E-state index in [0.29, 0.717) is 0 Å². The summed E-state index contributed by atoms with van der Waals surface area (Å²) in [7, 11) is 0. The van der Waals surface area contributed by atoms with Crippen molar-refractivity contribution in [2.24, 2.45) is 5.92 Å². The highest BCUT2D eigenvalue weighted by atomic mass is 14.1. The number of hydrogen-bond donors (Lipinski definition) is 0. The first-order valence-corrected chi connectivity index (χ1v) is 12.9. The Balaban J connectivity index is 3.22. The Morgan fingerprint density at radius 3 is 0.926 bits per heavy atom. The van der Waals surface area contributed by atoms with Crippen molar-refractivity contribution < 1.29 is 0 Å². The van der Waals surface area contributed by atoms with E-state index in [1.54, 1.807) is 0 Å². The van der Waals surface area contributed by atoms with Gasteiger partial charge in [-0.1, -0.05) is 168 Å². The lowest BCUT2D eigenvalue weighted by Gasteiger charge is -2.14. The van der Waals surface area contributed by atoms with Crippen molar-refractivity contribution in [3.05, 3.63) is 13.8 Å². The van der Waals surface area contributed by atoms with Crippen LogP contribution in [0.4, 0.5) is 0 Å². The second-order valence-corrected chi connectivity index (χ2v) is 8.92. The molecule has 27 heavy (non-hydrogen) atoms. The van der Waals surface area contributed by atoms with Crippen LogP contribution >= 0.6 is 0 Å². The molecule has 0 aromatic heterocycles. The summed E-state index contributed by atoms with van der Waals surface area (Å²) in [4.78, 5) is 0. The molecule has 0 heteroatoms. The lowest BCUT2D eigenvalue weighted by molar-refractivity contribution is 0.392. The molecule has 0 rings (SSSR count). The van der Waals surface area contributed by atoms with Gasteiger partial charge < -0.3 is 0 Å². The van der Waals surface area contributed by atoms with Crippen LogP contribution in [-0.4, -0.2) is 0 Å². The lowest BCUT2D eigenvalue weighted by Crippen LogP contribution is -1.99. The monoisotopic (exact) mass is 378 g/mol. The molecule has 0 aromatic rings. The van der Waals surface area contributed by atoms with Gasteiger partial charge in [0, 0.05) is 0 Å². The van der Waals surface area contributed by atoms with Gasteiger partial charge in [0.1, 0.15) is 0 Å². The van der Waals surface area contributed by atoms with Crippen molar-refractivity contribution in [1.82, 2.24) is 0 Å². The maximum Gasteiger partial charge on any atom is -0.0417 e. The van der Waals surface area contributed by atoms with Crippen molar-refractivity contribution in [1.29, 1.82) is 0 Å². The summed E-state index contributed by atoms with van der Waals surface area (Å²) >= 11 is 0. The molecule has 0 amide bonds. The Labute approximate surface area is 174 Å². The molecule has 0 aliphatic rings. The highest BCUT2D eigenvalue weighted by Gasteiger charge is 2.05. The van der Waals surface area contributed by atoms with Crippen LogP contribution < -0.4 is 0 Å². The molecule has 0 N–H and O–H groups in total. The molecule has 1 atom stereocenters. The largest absolute Gasteiger partial charge is 0.0651 e. The Morgan fingerprint density at radius 1 is 0.407 bits per heavy atom. The zero-order valence-electron chi connectivity index (χ0n) is 19.3. The van der Waals surface area contributed by atoms with Gasteiger partial charge in [-0.3, -0.25) is 0 Å². The summed E-state index contributed by atoms with van der Waals surface area (Å²) in [5.41, 5.74) is 0. The molecule has 0 aromatic carbocycles. The normalized spacial score (nSPS) is 12.6. The van der Waals surface area contributed by atoms with E-state index in [1.807, 2.05) is 0 Å². The minimum atomic E-state index is 1.01. The van der Waals surface area contributed by atoms with Gasteiger partial charge in [0.25, 0.3) is 0 Å². The molecule has 0 aliphatic heterocycles. The molecule has 0 bridgehead atoms. The van der Waals surface area contributed by atoms with Crippen LogP contribution in [0.25, 0.3) is 0 Å². The molecule has 0 fully saturated rings. The fourth-order valence-corrected chi connectivity index (χ4v) is 4.25. The third-order valence-electron chi connectivity index (χ3n) is 6.30. The van der Waals surface area contributed by atoms with Gasteiger partial charge in [-0.2, -0.15) is 0 Å². The summed E-state index contributed by atoms with van der Waals surface area (Å²) < 4.78 is 0. The maximum absolute atomic E-state index is 3.93. The maximum atomic E-state index is 3.93. The highest BCUT2D eigenvalue weighted by molar-refractivity contribution is 4.59. The van der Waals surface area contributed by atoms with E-state index in [2.05, 4.69) is 20.8 Å². The standard InChI is InChI=1S/C27H54/c1-4-7-9-11-13-14-15-16-17-18-19-20-22-24-26-27(6-3)25-23-21-12-10-8-5-2/h27H,1-2,4-26H2,3H3. The molecular weight excluding hydrogens is 324 g/mol.